The second kappa shape index (κ2) is 5.86. The maximum absolute atomic E-state index is 10.9. The van der Waals surface area contributed by atoms with Gasteiger partial charge in [0.1, 0.15) is 0 Å². The van der Waals surface area contributed by atoms with Gasteiger partial charge in [0.15, 0.2) is 0 Å². The molecule has 0 bridgehead atoms. The predicted molar refractivity (Wildman–Crippen MR) is 49.1 cm³/mol. The third-order valence-electron chi connectivity index (χ3n) is 1.33. The molecule has 3 heteroatoms. The lowest BCUT2D eigenvalue weighted by Crippen LogP contribution is -2.28. The van der Waals surface area contributed by atoms with Gasteiger partial charge in [-0.3, -0.25) is 0 Å². The summed E-state index contributed by atoms with van der Waals surface area (Å²) >= 11 is 0. The molecule has 0 aliphatic carbocycles. The van der Waals surface area contributed by atoms with Gasteiger partial charge in [-0.15, -0.1) is 0 Å². The number of hydrogen-bond acceptors (Lipinski definition) is 2. The number of nitrogens with one attached hydrogen (secondary N) is 1. The Morgan fingerprint density at radius 3 is 2.33 bits per heavy atom. The minimum absolute atomic E-state index is 0.0379. The van der Waals surface area contributed by atoms with E-state index in [1.807, 2.05) is 13.8 Å². The van der Waals surface area contributed by atoms with Gasteiger partial charge in [0.05, 0.1) is 6.10 Å². The van der Waals surface area contributed by atoms with Crippen molar-refractivity contribution in [2.75, 3.05) is 6.54 Å². The number of hydrogen-bond donors (Lipinski definition) is 1. The summed E-state index contributed by atoms with van der Waals surface area (Å²) < 4.78 is 4.88. The summed E-state index contributed by atoms with van der Waals surface area (Å²) in [5.41, 5.74) is 0. The second-order valence-corrected chi connectivity index (χ2v) is 3.56. The van der Waals surface area contributed by atoms with Crippen molar-refractivity contribution in [3.8, 4) is 0 Å². The van der Waals surface area contributed by atoms with Gasteiger partial charge in [-0.1, -0.05) is 13.8 Å². The summed E-state index contributed by atoms with van der Waals surface area (Å²) in [4.78, 5) is 10.9. The highest BCUT2D eigenvalue weighted by atomic mass is 16.6. The molecule has 0 rings (SSSR count). The van der Waals surface area contributed by atoms with Crippen LogP contribution in [0.4, 0.5) is 4.79 Å². The van der Waals surface area contributed by atoms with E-state index in [4.69, 9.17) is 4.74 Å². The highest BCUT2D eigenvalue weighted by molar-refractivity contribution is 5.67. The fourth-order valence-electron chi connectivity index (χ4n) is 0.719. The van der Waals surface area contributed by atoms with Gasteiger partial charge in [-0.2, -0.15) is 0 Å². The SMILES string of the molecule is CC(C)CCNC(=O)OC(C)C. The molecule has 0 atom stereocenters. The maximum atomic E-state index is 10.9. The molecular weight excluding hydrogens is 154 g/mol. The van der Waals surface area contributed by atoms with Crippen LogP contribution in [-0.4, -0.2) is 18.7 Å². The van der Waals surface area contributed by atoms with E-state index in [1.165, 1.54) is 0 Å². The monoisotopic (exact) mass is 173 g/mol. The van der Waals surface area contributed by atoms with Crippen LogP contribution in [-0.2, 0) is 4.74 Å². The zero-order valence-corrected chi connectivity index (χ0v) is 8.39. The first-order chi connectivity index (χ1) is 5.52. The zero-order valence-electron chi connectivity index (χ0n) is 8.39. The van der Waals surface area contributed by atoms with Crippen molar-refractivity contribution in [1.82, 2.24) is 5.32 Å². The average molecular weight is 173 g/mol. The zero-order chi connectivity index (χ0) is 9.56. The first-order valence-corrected chi connectivity index (χ1v) is 4.47. The molecule has 0 radical (unpaired) electrons. The first-order valence-electron chi connectivity index (χ1n) is 4.47. The minimum Gasteiger partial charge on any atom is -0.447 e. The maximum Gasteiger partial charge on any atom is 0.407 e. The van der Waals surface area contributed by atoms with Crippen molar-refractivity contribution >= 4 is 6.09 Å². The molecule has 0 aromatic rings. The molecule has 1 amide bonds. The van der Waals surface area contributed by atoms with E-state index in [1.54, 1.807) is 0 Å². The number of carbonyl (C=O) groups is 1. The van der Waals surface area contributed by atoms with E-state index in [0.717, 1.165) is 6.42 Å². The quantitative estimate of drug-likeness (QED) is 0.707. The van der Waals surface area contributed by atoms with Gasteiger partial charge in [-0.25, -0.2) is 4.79 Å². The summed E-state index contributed by atoms with van der Waals surface area (Å²) in [5, 5.41) is 2.68. The van der Waals surface area contributed by atoms with Crippen LogP contribution in [0.25, 0.3) is 0 Å². The molecule has 0 heterocycles. The summed E-state index contributed by atoms with van der Waals surface area (Å²) in [6, 6.07) is 0. The predicted octanol–water partition coefficient (Wildman–Crippen LogP) is 2.17. The molecule has 0 aromatic carbocycles. The molecule has 0 unspecified atom stereocenters. The van der Waals surface area contributed by atoms with E-state index in [2.05, 4.69) is 19.2 Å². The Labute approximate surface area is 74.5 Å². The minimum atomic E-state index is -0.314. The Morgan fingerprint density at radius 1 is 1.33 bits per heavy atom. The standard InChI is InChI=1S/C9H19NO2/c1-7(2)5-6-10-9(11)12-8(3)4/h7-8H,5-6H2,1-4H3,(H,10,11). The Kier molecular flexibility index (Phi) is 5.51. The molecule has 0 aliphatic rings. The molecule has 1 N–H and O–H groups in total. The summed E-state index contributed by atoms with van der Waals surface area (Å²) in [5.74, 6) is 0.615. The Morgan fingerprint density at radius 2 is 1.92 bits per heavy atom. The molecular formula is C9H19NO2. The number of rotatable bonds is 4. The van der Waals surface area contributed by atoms with Gasteiger partial charge < -0.3 is 10.1 Å². The van der Waals surface area contributed by atoms with Gasteiger partial charge in [0.25, 0.3) is 0 Å². The summed E-state index contributed by atoms with van der Waals surface area (Å²) in [7, 11) is 0. The smallest absolute Gasteiger partial charge is 0.407 e. The summed E-state index contributed by atoms with van der Waals surface area (Å²) in [6.07, 6.45) is 0.641. The van der Waals surface area contributed by atoms with Gasteiger partial charge in [0.2, 0.25) is 0 Å². The van der Waals surface area contributed by atoms with E-state index in [-0.39, 0.29) is 12.2 Å². The van der Waals surface area contributed by atoms with Crippen LogP contribution in [0, 0.1) is 5.92 Å². The van der Waals surface area contributed by atoms with Gasteiger partial charge in [0, 0.05) is 6.54 Å². The lowest BCUT2D eigenvalue weighted by Gasteiger charge is -2.10. The van der Waals surface area contributed by atoms with Crippen molar-refractivity contribution in [2.24, 2.45) is 5.92 Å². The van der Waals surface area contributed by atoms with Crippen LogP contribution in [0.3, 0.4) is 0 Å². The number of amides is 1. The first kappa shape index (κ1) is 11.3. The number of alkyl carbamates (subject to hydrolysis) is 1. The molecule has 3 nitrogen and oxygen atoms in total. The van der Waals surface area contributed by atoms with Crippen molar-refractivity contribution in [3.05, 3.63) is 0 Å². The Balaban J connectivity index is 3.32. The third-order valence-corrected chi connectivity index (χ3v) is 1.33. The van der Waals surface area contributed by atoms with Gasteiger partial charge in [-0.05, 0) is 26.2 Å². The normalized spacial score (nSPS) is 10.5. The molecule has 12 heavy (non-hydrogen) atoms. The van der Waals surface area contributed by atoms with E-state index >= 15 is 0 Å². The number of ether oxygens (including phenoxy) is 1. The number of carbonyl (C=O) groups excluding carboxylic acids is 1. The Hall–Kier alpha value is -0.730. The Bertz CT molecular complexity index is 132. The highest BCUT2D eigenvalue weighted by Crippen LogP contribution is 1.96. The molecule has 0 fully saturated rings. The lowest BCUT2D eigenvalue weighted by atomic mass is 10.1. The van der Waals surface area contributed by atoms with Crippen LogP contribution >= 0.6 is 0 Å². The fourth-order valence-corrected chi connectivity index (χ4v) is 0.719. The average Bonchev–Trinajstić information content (AvgIpc) is 1.84. The van der Waals surface area contributed by atoms with Gasteiger partial charge >= 0.3 is 6.09 Å². The molecule has 0 saturated heterocycles. The van der Waals surface area contributed by atoms with Crippen LogP contribution < -0.4 is 5.32 Å². The lowest BCUT2D eigenvalue weighted by molar-refractivity contribution is 0.115. The largest absolute Gasteiger partial charge is 0.447 e. The van der Waals surface area contributed by atoms with Crippen molar-refractivity contribution < 1.29 is 9.53 Å². The van der Waals surface area contributed by atoms with Crippen LogP contribution in [0.1, 0.15) is 34.1 Å². The second-order valence-electron chi connectivity index (χ2n) is 3.56. The van der Waals surface area contributed by atoms with E-state index in [0.29, 0.717) is 12.5 Å². The fraction of sp³-hybridized carbons (Fsp3) is 0.889. The van der Waals surface area contributed by atoms with Crippen LogP contribution in [0.5, 0.6) is 0 Å². The van der Waals surface area contributed by atoms with E-state index < -0.39 is 0 Å². The van der Waals surface area contributed by atoms with Crippen molar-refractivity contribution in [2.45, 2.75) is 40.2 Å². The molecule has 72 valence electrons. The summed E-state index contributed by atoms with van der Waals surface area (Å²) in [6.45, 7) is 8.61. The van der Waals surface area contributed by atoms with Crippen molar-refractivity contribution in [1.29, 1.82) is 0 Å². The van der Waals surface area contributed by atoms with Crippen LogP contribution in [0.15, 0.2) is 0 Å². The third kappa shape index (κ3) is 7.38. The van der Waals surface area contributed by atoms with Crippen molar-refractivity contribution in [3.63, 3.8) is 0 Å². The molecule has 0 spiro atoms. The molecule has 0 aromatic heterocycles. The van der Waals surface area contributed by atoms with Crippen LogP contribution in [0.2, 0.25) is 0 Å². The highest BCUT2D eigenvalue weighted by Gasteiger charge is 2.03. The topological polar surface area (TPSA) is 38.3 Å². The van der Waals surface area contributed by atoms with E-state index in [9.17, 15) is 4.79 Å². The molecule has 0 saturated carbocycles. The molecule has 0 aliphatic heterocycles.